The van der Waals surface area contributed by atoms with Gasteiger partial charge in [0, 0.05) is 18.0 Å². The van der Waals surface area contributed by atoms with Crippen molar-refractivity contribution in [1.82, 2.24) is 30.0 Å². The second kappa shape index (κ2) is 8.88. The highest BCUT2D eigenvalue weighted by atomic mass is 16.5. The standard InChI is InChI=1S/C22H22N6O4/c1-13(15-5-6-18(30-3)19(9-15)31-4)25-21(29)17-11-28(12-24-17)20-10-16(7-8-23-20)22-26-14(2)27-32-22/h5-13H,1-4H3,(H,25,29)/t13-/m1/s1. The van der Waals surface area contributed by atoms with E-state index in [-0.39, 0.29) is 17.6 Å². The molecule has 0 radical (unpaired) electrons. The number of imidazole rings is 1. The van der Waals surface area contributed by atoms with E-state index >= 15 is 0 Å². The van der Waals surface area contributed by atoms with E-state index in [0.29, 0.717) is 29.0 Å². The normalized spacial score (nSPS) is 11.8. The Labute approximate surface area is 184 Å². The number of aromatic nitrogens is 5. The van der Waals surface area contributed by atoms with Crippen molar-refractivity contribution in [3.63, 3.8) is 0 Å². The number of benzene rings is 1. The summed E-state index contributed by atoms with van der Waals surface area (Å²) in [6.07, 6.45) is 4.77. The summed E-state index contributed by atoms with van der Waals surface area (Å²) in [7, 11) is 3.15. The number of carbonyl (C=O) groups is 1. The quantitative estimate of drug-likeness (QED) is 0.471. The number of pyridine rings is 1. The fraction of sp³-hybridized carbons (Fsp3) is 0.227. The lowest BCUT2D eigenvalue weighted by Crippen LogP contribution is -2.27. The van der Waals surface area contributed by atoms with Crippen molar-refractivity contribution < 1.29 is 18.8 Å². The second-order valence-electron chi connectivity index (χ2n) is 7.03. The van der Waals surface area contributed by atoms with E-state index < -0.39 is 0 Å². The maximum atomic E-state index is 12.7. The van der Waals surface area contributed by atoms with Crippen LogP contribution < -0.4 is 14.8 Å². The van der Waals surface area contributed by atoms with Crippen molar-refractivity contribution in [2.24, 2.45) is 0 Å². The number of amides is 1. The first-order valence-corrected chi connectivity index (χ1v) is 9.82. The minimum atomic E-state index is -0.310. The lowest BCUT2D eigenvalue weighted by Gasteiger charge is -2.16. The average molecular weight is 434 g/mol. The Morgan fingerprint density at radius 1 is 1.12 bits per heavy atom. The van der Waals surface area contributed by atoms with Gasteiger partial charge >= 0.3 is 0 Å². The number of hydrogen-bond donors (Lipinski definition) is 1. The van der Waals surface area contributed by atoms with Crippen LogP contribution in [0.2, 0.25) is 0 Å². The first-order chi connectivity index (χ1) is 15.5. The molecule has 164 valence electrons. The smallest absolute Gasteiger partial charge is 0.271 e. The number of methoxy groups -OCH3 is 2. The second-order valence-corrected chi connectivity index (χ2v) is 7.03. The van der Waals surface area contributed by atoms with E-state index in [1.54, 1.807) is 56.3 Å². The summed E-state index contributed by atoms with van der Waals surface area (Å²) in [5.74, 6) is 2.42. The van der Waals surface area contributed by atoms with Crippen molar-refractivity contribution in [3.8, 4) is 28.8 Å². The molecule has 0 unspecified atom stereocenters. The fourth-order valence-corrected chi connectivity index (χ4v) is 3.15. The molecule has 1 atom stereocenters. The van der Waals surface area contributed by atoms with Crippen LogP contribution in [0.15, 0.2) is 53.6 Å². The molecule has 0 saturated heterocycles. The van der Waals surface area contributed by atoms with Crippen LogP contribution in [0.25, 0.3) is 17.3 Å². The largest absolute Gasteiger partial charge is 0.493 e. The van der Waals surface area contributed by atoms with Gasteiger partial charge in [-0.15, -0.1) is 0 Å². The highest BCUT2D eigenvalue weighted by Crippen LogP contribution is 2.30. The molecule has 0 bridgehead atoms. The zero-order valence-electron chi connectivity index (χ0n) is 18.1. The van der Waals surface area contributed by atoms with E-state index in [4.69, 9.17) is 14.0 Å². The van der Waals surface area contributed by atoms with Crippen molar-refractivity contribution >= 4 is 5.91 Å². The fourth-order valence-electron chi connectivity index (χ4n) is 3.15. The van der Waals surface area contributed by atoms with Crippen LogP contribution in [-0.4, -0.2) is 44.8 Å². The number of rotatable bonds is 7. The minimum absolute atomic E-state index is 0.262. The number of nitrogens with one attached hydrogen (secondary N) is 1. The van der Waals surface area contributed by atoms with Crippen molar-refractivity contribution in [2.75, 3.05) is 14.2 Å². The number of carbonyl (C=O) groups excluding carboxylic acids is 1. The SMILES string of the molecule is COc1ccc([C@@H](C)NC(=O)c2cn(-c3cc(-c4nc(C)no4)ccn3)cn2)cc1OC. The topological polar surface area (TPSA) is 117 Å². The first-order valence-electron chi connectivity index (χ1n) is 9.82. The van der Waals surface area contributed by atoms with Crippen molar-refractivity contribution in [1.29, 1.82) is 0 Å². The van der Waals surface area contributed by atoms with Gasteiger partial charge in [0.25, 0.3) is 11.8 Å². The van der Waals surface area contributed by atoms with Gasteiger partial charge in [0.15, 0.2) is 17.3 Å². The van der Waals surface area contributed by atoms with Gasteiger partial charge in [-0.25, -0.2) is 9.97 Å². The predicted octanol–water partition coefficient (Wildman–Crippen LogP) is 3.13. The lowest BCUT2D eigenvalue weighted by atomic mass is 10.1. The molecule has 10 nitrogen and oxygen atoms in total. The predicted molar refractivity (Wildman–Crippen MR) is 115 cm³/mol. The highest BCUT2D eigenvalue weighted by molar-refractivity contribution is 5.92. The molecule has 0 saturated carbocycles. The third-order valence-corrected chi connectivity index (χ3v) is 4.85. The summed E-state index contributed by atoms with van der Waals surface area (Å²) in [5.41, 5.74) is 1.86. The molecule has 0 aliphatic heterocycles. The molecular formula is C22H22N6O4. The van der Waals surface area contributed by atoms with Gasteiger partial charge in [-0.05, 0) is 43.7 Å². The average Bonchev–Trinajstić information content (AvgIpc) is 3.48. The Hall–Kier alpha value is -4.21. The van der Waals surface area contributed by atoms with Crippen LogP contribution in [0, 0.1) is 6.92 Å². The van der Waals surface area contributed by atoms with Gasteiger partial charge in [-0.2, -0.15) is 4.98 Å². The van der Waals surface area contributed by atoms with E-state index in [1.165, 1.54) is 6.33 Å². The molecule has 4 rings (SSSR count). The zero-order chi connectivity index (χ0) is 22.7. The Morgan fingerprint density at radius 3 is 2.66 bits per heavy atom. The first kappa shape index (κ1) is 21.0. The van der Waals surface area contributed by atoms with E-state index in [2.05, 4.69) is 25.4 Å². The van der Waals surface area contributed by atoms with Crippen LogP contribution in [0.3, 0.4) is 0 Å². The van der Waals surface area contributed by atoms with Gasteiger partial charge in [-0.3, -0.25) is 9.36 Å². The number of ether oxygens (including phenoxy) is 2. The van der Waals surface area contributed by atoms with Gasteiger partial charge in [0.05, 0.1) is 20.3 Å². The van der Waals surface area contributed by atoms with Gasteiger partial charge in [-0.1, -0.05) is 11.2 Å². The van der Waals surface area contributed by atoms with Gasteiger partial charge in [0.2, 0.25) is 0 Å². The Bertz CT molecular complexity index is 1250. The molecule has 10 heteroatoms. The maximum absolute atomic E-state index is 12.7. The van der Waals surface area contributed by atoms with Gasteiger partial charge in [0.1, 0.15) is 17.8 Å². The van der Waals surface area contributed by atoms with Crippen LogP contribution >= 0.6 is 0 Å². The molecule has 1 amide bonds. The summed E-state index contributed by atoms with van der Waals surface area (Å²) in [5, 5.41) is 6.74. The third kappa shape index (κ3) is 4.29. The molecule has 1 aromatic carbocycles. The van der Waals surface area contributed by atoms with Crippen LogP contribution in [-0.2, 0) is 0 Å². The molecule has 1 N–H and O–H groups in total. The monoisotopic (exact) mass is 434 g/mol. The third-order valence-electron chi connectivity index (χ3n) is 4.85. The Morgan fingerprint density at radius 2 is 1.94 bits per heavy atom. The molecule has 3 heterocycles. The van der Waals surface area contributed by atoms with E-state index in [1.807, 2.05) is 19.1 Å². The maximum Gasteiger partial charge on any atom is 0.271 e. The summed E-state index contributed by atoms with van der Waals surface area (Å²) in [4.78, 5) is 25.5. The molecule has 0 aliphatic rings. The minimum Gasteiger partial charge on any atom is -0.493 e. The molecule has 0 aliphatic carbocycles. The molecule has 32 heavy (non-hydrogen) atoms. The summed E-state index contributed by atoms with van der Waals surface area (Å²) >= 11 is 0. The molecule has 0 spiro atoms. The van der Waals surface area contributed by atoms with Crippen LogP contribution in [0.4, 0.5) is 0 Å². The van der Waals surface area contributed by atoms with Crippen molar-refractivity contribution in [3.05, 3.63) is 66.1 Å². The van der Waals surface area contributed by atoms with E-state index in [0.717, 1.165) is 11.1 Å². The van der Waals surface area contributed by atoms with Gasteiger partial charge < -0.3 is 19.3 Å². The van der Waals surface area contributed by atoms with Crippen molar-refractivity contribution in [2.45, 2.75) is 19.9 Å². The zero-order valence-corrected chi connectivity index (χ0v) is 18.1. The van der Waals surface area contributed by atoms with E-state index in [9.17, 15) is 4.79 Å². The summed E-state index contributed by atoms with van der Waals surface area (Å²) in [6, 6.07) is 8.79. The molecular weight excluding hydrogens is 412 g/mol. The lowest BCUT2D eigenvalue weighted by molar-refractivity contribution is 0.0935. The Kier molecular flexibility index (Phi) is 5.84. The molecule has 0 fully saturated rings. The molecule has 4 aromatic rings. The van der Waals surface area contributed by atoms with Crippen LogP contribution in [0.1, 0.15) is 34.8 Å². The number of hydrogen-bond acceptors (Lipinski definition) is 8. The molecule has 3 aromatic heterocycles. The summed E-state index contributed by atoms with van der Waals surface area (Å²) in [6.45, 7) is 3.63. The number of aryl methyl sites for hydroxylation is 1. The number of nitrogens with zero attached hydrogens (tertiary/aromatic N) is 5. The highest BCUT2D eigenvalue weighted by Gasteiger charge is 2.17. The Balaban J connectivity index is 1.50. The summed E-state index contributed by atoms with van der Waals surface area (Å²) < 4.78 is 17.5. The van der Waals surface area contributed by atoms with Crippen LogP contribution in [0.5, 0.6) is 11.5 Å².